The Kier molecular flexibility index (Phi) is 3.48. The minimum atomic E-state index is -1.09. The molecule has 1 heterocycles. The maximum absolute atomic E-state index is 11.7. The summed E-state index contributed by atoms with van der Waals surface area (Å²) in [6.07, 6.45) is -0.906. The van der Waals surface area contributed by atoms with Crippen molar-refractivity contribution in [1.29, 1.82) is 0 Å². The van der Waals surface area contributed by atoms with Gasteiger partial charge < -0.3 is 10.5 Å². The van der Waals surface area contributed by atoms with E-state index in [1.165, 1.54) is 0 Å². The lowest BCUT2D eigenvalue weighted by atomic mass is 10.2. The van der Waals surface area contributed by atoms with Gasteiger partial charge in [0.25, 0.3) is 0 Å². The fraction of sp³-hybridized carbons (Fsp3) is 0.667. The quantitative estimate of drug-likeness (QED) is 0.670. The van der Waals surface area contributed by atoms with Crippen LogP contribution in [0.5, 0.6) is 0 Å². The molecule has 1 unspecified atom stereocenters. The number of nitrogens with zero attached hydrogens (tertiary/aromatic N) is 1. The van der Waals surface area contributed by atoms with Gasteiger partial charge in [0.1, 0.15) is 6.54 Å². The fourth-order valence-electron chi connectivity index (χ4n) is 1.39. The van der Waals surface area contributed by atoms with Gasteiger partial charge in [-0.25, -0.2) is 9.59 Å². The van der Waals surface area contributed by atoms with Crippen LogP contribution in [0.15, 0.2) is 0 Å². The highest BCUT2D eigenvalue weighted by Crippen LogP contribution is 2.15. The smallest absolute Gasteiger partial charge is 0.419 e. The van der Waals surface area contributed by atoms with Crippen LogP contribution >= 0.6 is 0 Å². The molecule has 0 aromatic heterocycles. The molecule has 1 saturated heterocycles. The zero-order valence-corrected chi connectivity index (χ0v) is 9.36. The number of hydrogen-bond donors (Lipinski definition) is 2. The first-order valence-electron chi connectivity index (χ1n) is 5.05. The van der Waals surface area contributed by atoms with Gasteiger partial charge in [-0.2, -0.15) is 4.79 Å². The number of urea groups is 2. The zero-order chi connectivity index (χ0) is 12.3. The van der Waals surface area contributed by atoms with Gasteiger partial charge in [0.05, 0.1) is 13.2 Å². The van der Waals surface area contributed by atoms with Crippen LogP contribution in [0, 0.1) is 5.92 Å². The summed E-state index contributed by atoms with van der Waals surface area (Å²) >= 11 is 0. The average Bonchev–Trinajstić information content (AvgIpc) is 2.57. The Morgan fingerprint density at radius 2 is 2.19 bits per heavy atom. The minimum Gasteiger partial charge on any atom is -0.419 e. The number of carbonyl (C=O) groups excluding carboxylic acids is 3. The SMILES string of the molecule is CC(C)COC(=O)[N+]1(C(N)=O)CCNC1=O. The normalized spacial score (nSPS) is 24.3. The summed E-state index contributed by atoms with van der Waals surface area (Å²) in [6, 6.07) is -1.73. The molecular weight excluding hydrogens is 214 g/mol. The van der Waals surface area contributed by atoms with Gasteiger partial charge >= 0.3 is 18.2 Å². The number of quaternary nitrogens is 1. The number of nitrogens with two attached hydrogens (primary N) is 1. The first-order valence-corrected chi connectivity index (χ1v) is 5.05. The van der Waals surface area contributed by atoms with Crippen LogP contribution in [0.2, 0.25) is 0 Å². The Morgan fingerprint density at radius 3 is 2.56 bits per heavy atom. The third-order valence-electron chi connectivity index (χ3n) is 2.30. The average molecular weight is 230 g/mol. The molecule has 0 aromatic carbocycles. The van der Waals surface area contributed by atoms with Gasteiger partial charge in [-0.15, -0.1) is 0 Å². The molecule has 0 aliphatic carbocycles. The van der Waals surface area contributed by atoms with Crippen molar-refractivity contribution in [3.63, 3.8) is 0 Å². The van der Waals surface area contributed by atoms with E-state index in [9.17, 15) is 14.4 Å². The standard InChI is InChI=1S/C9H15N3O4/c1-6(2)5-16-9(15)12(7(10)13)4-3-11-8(12)14/h6H,3-5H2,1-2H3,(H2-,10,11,13,14)/p+1. The number of carbonyl (C=O) groups is 3. The van der Waals surface area contributed by atoms with E-state index < -0.39 is 22.6 Å². The van der Waals surface area contributed by atoms with Gasteiger partial charge in [-0.1, -0.05) is 18.3 Å². The molecule has 16 heavy (non-hydrogen) atoms. The lowest BCUT2D eigenvalue weighted by Crippen LogP contribution is -2.61. The van der Waals surface area contributed by atoms with Gasteiger partial charge in [-0.3, -0.25) is 5.32 Å². The highest BCUT2D eigenvalue weighted by atomic mass is 16.6. The molecular formula is C9H16N3O4+. The summed E-state index contributed by atoms with van der Waals surface area (Å²) < 4.78 is 3.80. The lowest BCUT2D eigenvalue weighted by Gasteiger charge is -2.20. The van der Waals surface area contributed by atoms with Crippen LogP contribution in [0.25, 0.3) is 0 Å². The maximum atomic E-state index is 11.7. The summed E-state index contributed by atoms with van der Waals surface area (Å²) in [5.41, 5.74) is 5.10. The van der Waals surface area contributed by atoms with Crippen LogP contribution in [0.3, 0.4) is 0 Å². The largest absolute Gasteiger partial charge is 0.534 e. The molecule has 0 bridgehead atoms. The van der Waals surface area contributed by atoms with Gasteiger partial charge in [0.2, 0.25) is 0 Å². The van der Waals surface area contributed by atoms with Crippen LogP contribution in [0.4, 0.5) is 14.4 Å². The van der Waals surface area contributed by atoms with E-state index in [1.54, 1.807) is 0 Å². The maximum Gasteiger partial charge on any atom is 0.534 e. The highest BCUT2D eigenvalue weighted by Gasteiger charge is 2.56. The third-order valence-corrected chi connectivity index (χ3v) is 2.30. The predicted octanol–water partition coefficient (Wildman–Crippen LogP) is 0.398. The van der Waals surface area contributed by atoms with Gasteiger partial charge in [0, 0.05) is 0 Å². The zero-order valence-electron chi connectivity index (χ0n) is 9.36. The molecule has 1 aliphatic rings. The molecule has 1 rings (SSSR count). The van der Waals surface area contributed by atoms with Crippen molar-refractivity contribution in [2.75, 3.05) is 19.7 Å². The van der Waals surface area contributed by atoms with Crippen LogP contribution in [-0.2, 0) is 4.74 Å². The molecule has 7 nitrogen and oxygen atoms in total. The summed E-state index contributed by atoms with van der Waals surface area (Å²) in [5.74, 6) is 0.127. The summed E-state index contributed by atoms with van der Waals surface area (Å²) in [4.78, 5) is 34.4. The molecule has 1 aliphatic heterocycles. The fourth-order valence-corrected chi connectivity index (χ4v) is 1.39. The summed E-state index contributed by atoms with van der Waals surface area (Å²) in [5, 5.41) is 2.39. The Hall–Kier alpha value is -1.63. The lowest BCUT2D eigenvalue weighted by molar-refractivity contribution is -0.679. The van der Waals surface area contributed by atoms with Crippen molar-refractivity contribution >= 4 is 18.2 Å². The third kappa shape index (κ3) is 1.99. The topological polar surface area (TPSA) is 98.5 Å². The van der Waals surface area contributed by atoms with Crippen molar-refractivity contribution in [3.8, 4) is 0 Å². The van der Waals surface area contributed by atoms with E-state index in [2.05, 4.69) is 5.32 Å². The molecule has 1 atom stereocenters. The van der Waals surface area contributed by atoms with E-state index >= 15 is 0 Å². The van der Waals surface area contributed by atoms with Crippen molar-refractivity contribution in [3.05, 3.63) is 0 Å². The molecule has 5 amide bonds. The molecule has 1 fully saturated rings. The number of imide groups is 3. The van der Waals surface area contributed by atoms with E-state index in [0.29, 0.717) is 0 Å². The predicted molar refractivity (Wildman–Crippen MR) is 54.3 cm³/mol. The second kappa shape index (κ2) is 4.48. The minimum absolute atomic E-state index is 0.00505. The number of nitrogens with one attached hydrogen (secondary N) is 1. The molecule has 0 radical (unpaired) electrons. The summed E-state index contributed by atoms with van der Waals surface area (Å²) in [7, 11) is 0. The van der Waals surface area contributed by atoms with Crippen molar-refractivity contribution in [2.24, 2.45) is 11.7 Å². The van der Waals surface area contributed by atoms with E-state index in [0.717, 1.165) is 0 Å². The van der Waals surface area contributed by atoms with Crippen molar-refractivity contribution in [1.82, 2.24) is 5.32 Å². The number of rotatable bonds is 2. The van der Waals surface area contributed by atoms with E-state index in [-0.39, 0.29) is 25.6 Å². The Balaban J connectivity index is 2.82. The molecule has 7 heteroatoms. The van der Waals surface area contributed by atoms with Crippen LogP contribution in [-0.4, -0.2) is 42.3 Å². The Bertz CT molecular complexity index is 329. The first kappa shape index (κ1) is 12.4. The second-order valence-corrected chi connectivity index (χ2v) is 4.07. The molecule has 0 aromatic rings. The Labute approximate surface area is 93.1 Å². The number of hydrogen-bond acceptors (Lipinski definition) is 4. The van der Waals surface area contributed by atoms with E-state index in [4.69, 9.17) is 10.5 Å². The van der Waals surface area contributed by atoms with Gasteiger partial charge in [-0.05, 0) is 5.92 Å². The summed E-state index contributed by atoms with van der Waals surface area (Å²) in [6.45, 7) is 4.10. The van der Waals surface area contributed by atoms with E-state index in [1.807, 2.05) is 13.8 Å². The van der Waals surface area contributed by atoms with Crippen molar-refractivity contribution < 1.29 is 23.6 Å². The number of ether oxygens (including phenoxy) is 1. The molecule has 0 spiro atoms. The highest BCUT2D eigenvalue weighted by molar-refractivity contribution is 5.94. The monoisotopic (exact) mass is 230 g/mol. The van der Waals surface area contributed by atoms with Gasteiger partial charge in [0.15, 0.2) is 0 Å². The molecule has 0 saturated carbocycles. The van der Waals surface area contributed by atoms with Crippen molar-refractivity contribution in [2.45, 2.75) is 13.8 Å². The first-order chi connectivity index (χ1) is 7.41. The number of amides is 5. The van der Waals surface area contributed by atoms with Crippen LogP contribution < -0.4 is 11.1 Å². The number of primary amides is 1. The molecule has 3 N–H and O–H groups in total. The second-order valence-electron chi connectivity index (χ2n) is 4.07. The molecule has 90 valence electrons. The van der Waals surface area contributed by atoms with Crippen LogP contribution in [0.1, 0.15) is 13.8 Å². The Morgan fingerprint density at radius 1 is 1.56 bits per heavy atom.